The summed E-state index contributed by atoms with van der Waals surface area (Å²) in [4.78, 5) is 11.1. The van der Waals surface area contributed by atoms with Gasteiger partial charge in [0.2, 0.25) is 0 Å². The number of carboxylic acid groups (broad SMARTS) is 1. The Morgan fingerprint density at radius 1 is 1.14 bits per heavy atom. The standard InChI is InChI=1S/C32H47NO3S/c1-7-9-29(13-12-25(4)32(34)35)22-36-30-16-14-28(15-17-30)11-8-10-23(2)20-31(33)27(6)21-26(5)24(3)18-19-37/h14-19,21,25,29,33,37H,2,7-13,20,22H2,1,3-6H3,(H,34,35)/b19-18-,26-24+,27-21+,33-31?. The fraction of sp³-hybridized carbons (Fsp3) is 0.500. The second-order valence-electron chi connectivity index (χ2n) is 10.2. The van der Waals surface area contributed by atoms with Crippen molar-refractivity contribution in [3.63, 3.8) is 0 Å². The van der Waals surface area contributed by atoms with Crippen LogP contribution in [0.5, 0.6) is 5.75 Å². The number of allylic oxidation sites excluding steroid dienone is 6. The fourth-order valence-corrected chi connectivity index (χ4v) is 4.31. The summed E-state index contributed by atoms with van der Waals surface area (Å²) < 4.78 is 6.03. The Morgan fingerprint density at radius 3 is 2.41 bits per heavy atom. The minimum Gasteiger partial charge on any atom is -0.493 e. The first-order chi connectivity index (χ1) is 17.6. The van der Waals surface area contributed by atoms with Gasteiger partial charge in [0, 0.05) is 12.1 Å². The van der Waals surface area contributed by atoms with Crippen LogP contribution in [0.2, 0.25) is 0 Å². The summed E-state index contributed by atoms with van der Waals surface area (Å²) in [7, 11) is 0. The largest absolute Gasteiger partial charge is 0.493 e. The van der Waals surface area contributed by atoms with Gasteiger partial charge in [-0.2, -0.15) is 12.6 Å². The molecule has 2 atom stereocenters. The molecule has 2 N–H and O–H groups in total. The predicted octanol–water partition coefficient (Wildman–Crippen LogP) is 9.00. The number of aryl methyl sites for hydroxylation is 1. The van der Waals surface area contributed by atoms with Crippen molar-refractivity contribution < 1.29 is 14.6 Å². The van der Waals surface area contributed by atoms with Crippen molar-refractivity contribution >= 4 is 24.3 Å². The molecule has 204 valence electrons. The Kier molecular flexibility index (Phi) is 15.7. The lowest BCUT2D eigenvalue weighted by atomic mass is 9.94. The minimum absolute atomic E-state index is 0.308. The van der Waals surface area contributed by atoms with E-state index in [0.29, 0.717) is 31.1 Å². The first kappa shape index (κ1) is 32.5. The molecule has 1 aromatic rings. The maximum Gasteiger partial charge on any atom is 0.306 e. The van der Waals surface area contributed by atoms with Gasteiger partial charge in [-0.25, -0.2) is 0 Å². The van der Waals surface area contributed by atoms with E-state index in [0.717, 1.165) is 66.6 Å². The van der Waals surface area contributed by atoms with Gasteiger partial charge in [0.15, 0.2) is 0 Å². The summed E-state index contributed by atoms with van der Waals surface area (Å²) in [5.41, 5.74) is 6.22. The normalized spacial score (nSPS) is 14.3. The molecule has 1 aromatic carbocycles. The van der Waals surface area contributed by atoms with Crippen molar-refractivity contribution in [1.29, 1.82) is 5.41 Å². The smallest absolute Gasteiger partial charge is 0.306 e. The highest BCUT2D eigenvalue weighted by Crippen LogP contribution is 2.22. The Bertz CT molecular complexity index is 972. The Morgan fingerprint density at radius 2 is 1.81 bits per heavy atom. The van der Waals surface area contributed by atoms with Gasteiger partial charge >= 0.3 is 5.97 Å². The van der Waals surface area contributed by atoms with Crippen LogP contribution in [-0.4, -0.2) is 23.4 Å². The molecule has 0 fully saturated rings. The van der Waals surface area contributed by atoms with Gasteiger partial charge in [0.05, 0.1) is 12.5 Å². The third-order valence-corrected chi connectivity index (χ3v) is 6.96. The number of hydrogen-bond acceptors (Lipinski definition) is 4. The van der Waals surface area contributed by atoms with Crippen LogP contribution in [0.4, 0.5) is 0 Å². The quantitative estimate of drug-likeness (QED) is 0.0775. The number of nitrogens with one attached hydrogen (secondary N) is 1. The van der Waals surface area contributed by atoms with Gasteiger partial charge in [-0.05, 0) is 105 Å². The minimum atomic E-state index is -0.725. The molecule has 1 rings (SSSR count). The zero-order valence-corrected chi connectivity index (χ0v) is 24.4. The van der Waals surface area contributed by atoms with Crippen LogP contribution in [0.1, 0.15) is 85.1 Å². The maximum atomic E-state index is 11.1. The predicted molar refractivity (Wildman–Crippen MR) is 161 cm³/mol. The summed E-state index contributed by atoms with van der Waals surface area (Å²) >= 11 is 4.13. The average Bonchev–Trinajstić information content (AvgIpc) is 2.86. The van der Waals surface area contributed by atoms with Crippen LogP contribution in [0.15, 0.2) is 70.7 Å². The molecule has 0 spiro atoms. The van der Waals surface area contributed by atoms with Crippen LogP contribution in [0, 0.1) is 17.2 Å². The van der Waals surface area contributed by atoms with Crippen molar-refractivity contribution in [3.8, 4) is 5.75 Å². The molecule has 0 heterocycles. The van der Waals surface area contributed by atoms with Gasteiger partial charge in [-0.1, -0.05) is 56.7 Å². The van der Waals surface area contributed by atoms with Crippen molar-refractivity contribution in [1.82, 2.24) is 0 Å². The zero-order valence-electron chi connectivity index (χ0n) is 23.5. The molecule has 2 unspecified atom stereocenters. The van der Waals surface area contributed by atoms with E-state index in [1.54, 1.807) is 12.3 Å². The molecule has 0 amide bonds. The molecule has 0 saturated heterocycles. The molecule has 0 radical (unpaired) electrons. The first-order valence-corrected chi connectivity index (χ1v) is 13.9. The molecular formula is C32H47NO3S. The maximum absolute atomic E-state index is 11.1. The van der Waals surface area contributed by atoms with Crippen LogP contribution < -0.4 is 4.74 Å². The first-order valence-electron chi connectivity index (χ1n) is 13.4. The van der Waals surface area contributed by atoms with Crippen molar-refractivity contribution in [2.75, 3.05) is 6.61 Å². The second-order valence-corrected chi connectivity index (χ2v) is 10.5. The number of carbonyl (C=O) groups is 1. The number of benzene rings is 1. The lowest BCUT2D eigenvalue weighted by Crippen LogP contribution is -2.16. The monoisotopic (exact) mass is 525 g/mol. The molecule has 0 aliphatic rings. The molecule has 0 bridgehead atoms. The Balaban J connectivity index is 2.47. The fourth-order valence-electron chi connectivity index (χ4n) is 4.08. The number of carboxylic acids is 1. The highest BCUT2D eigenvalue weighted by atomic mass is 32.1. The van der Waals surface area contributed by atoms with E-state index in [2.05, 4.69) is 51.3 Å². The van der Waals surface area contributed by atoms with E-state index >= 15 is 0 Å². The summed E-state index contributed by atoms with van der Waals surface area (Å²) in [6.45, 7) is 14.8. The number of rotatable bonds is 18. The van der Waals surface area contributed by atoms with E-state index < -0.39 is 5.97 Å². The van der Waals surface area contributed by atoms with Crippen molar-refractivity contribution in [3.05, 3.63) is 76.3 Å². The van der Waals surface area contributed by atoms with E-state index in [1.165, 1.54) is 5.56 Å². The third-order valence-electron chi connectivity index (χ3n) is 6.81. The number of hydrogen-bond donors (Lipinski definition) is 3. The van der Waals surface area contributed by atoms with Crippen molar-refractivity contribution in [2.45, 2.75) is 86.0 Å². The zero-order chi connectivity index (χ0) is 27.8. The molecule has 0 aliphatic heterocycles. The lowest BCUT2D eigenvalue weighted by molar-refractivity contribution is -0.141. The van der Waals surface area contributed by atoms with Crippen molar-refractivity contribution in [2.24, 2.45) is 11.8 Å². The Labute approximate surface area is 230 Å². The van der Waals surface area contributed by atoms with Crippen LogP contribution in [0.3, 0.4) is 0 Å². The number of thiol groups is 1. The SMILES string of the molecule is C=C(CCCc1ccc(OCC(CCC)CCC(C)C(=O)O)cc1)CC(=N)/C(C)=C/C(C)=C(C)/C=C\S. The molecule has 0 saturated carbocycles. The van der Waals surface area contributed by atoms with Gasteiger partial charge in [0.1, 0.15) is 5.75 Å². The van der Waals surface area contributed by atoms with E-state index in [9.17, 15) is 4.79 Å². The molecule has 0 aliphatic carbocycles. The molecular weight excluding hydrogens is 478 g/mol. The summed E-state index contributed by atoms with van der Waals surface area (Å²) in [6.07, 6.45) is 11.2. The van der Waals surface area contributed by atoms with Gasteiger partial charge in [-0.15, -0.1) is 0 Å². The molecule has 37 heavy (non-hydrogen) atoms. The summed E-state index contributed by atoms with van der Waals surface area (Å²) in [5, 5.41) is 19.3. The molecule has 4 nitrogen and oxygen atoms in total. The second kappa shape index (κ2) is 17.8. The lowest BCUT2D eigenvalue weighted by Gasteiger charge is -2.18. The van der Waals surface area contributed by atoms with E-state index in [4.69, 9.17) is 15.3 Å². The van der Waals surface area contributed by atoms with Crippen LogP contribution >= 0.6 is 12.6 Å². The van der Waals surface area contributed by atoms with E-state index in [1.807, 2.05) is 32.1 Å². The van der Waals surface area contributed by atoms with Gasteiger partial charge < -0.3 is 15.3 Å². The highest BCUT2D eigenvalue weighted by molar-refractivity contribution is 7.83. The number of aliphatic carboxylic acids is 1. The summed E-state index contributed by atoms with van der Waals surface area (Å²) in [6, 6.07) is 8.28. The Hall–Kier alpha value is -2.53. The molecule has 0 aromatic heterocycles. The number of ether oxygens (including phenoxy) is 1. The van der Waals surface area contributed by atoms with Gasteiger partial charge in [-0.3, -0.25) is 4.79 Å². The topological polar surface area (TPSA) is 70.4 Å². The summed E-state index contributed by atoms with van der Waals surface area (Å²) in [5.74, 6) is 0.206. The third kappa shape index (κ3) is 13.5. The van der Waals surface area contributed by atoms with Gasteiger partial charge in [0.25, 0.3) is 0 Å². The average molecular weight is 526 g/mol. The highest BCUT2D eigenvalue weighted by Gasteiger charge is 2.15. The molecule has 5 heteroatoms. The van der Waals surface area contributed by atoms with Crippen LogP contribution in [-0.2, 0) is 11.2 Å². The van der Waals surface area contributed by atoms with E-state index in [-0.39, 0.29) is 5.92 Å². The van der Waals surface area contributed by atoms with Crippen LogP contribution in [0.25, 0.3) is 0 Å².